The predicted octanol–water partition coefficient (Wildman–Crippen LogP) is 2.81. The van der Waals surface area contributed by atoms with Gasteiger partial charge in [-0.05, 0) is 43.4 Å². The Kier molecular flexibility index (Phi) is 5.71. The van der Waals surface area contributed by atoms with Gasteiger partial charge in [0.15, 0.2) is 0 Å². The van der Waals surface area contributed by atoms with Crippen LogP contribution in [-0.4, -0.2) is 42.5 Å². The highest BCUT2D eigenvalue weighted by atomic mass is 32.2. The van der Waals surface area contributed by atoms with Crippen LogP contribution in [0.25, 0.3) is 0 Å². The van der Waals surface area contributed by atoms with Crippen molar-refractivity contribution in [1.82, 2.24) is 4.90 Å². The van der Waals surface area contributed by atoms with Crippen LogP contribution < -0.4 is 4.74 Å². The molecule has 0 N–H and O–H groups in total. The van der Waals surface area contributed by atoms with E-state index in [4.69, 9.17) is 4.74 Å². The van der Waals surface area contributed by atoms with Crippen LogP contribution in [0.5, 0.6) is 5.75 Å². The Morgan fingerprint density at radius 2 is 2.20 bits per heavy atom. The zero-order valence-corrected chi connectivity index (χ0v) is 12.5. The molecule has 0 bridgehead atoms. The largest absolute Gasteiger partial charge is 0.493 e. The van der Waals surface area contributed by atoms with Gasteiger partial charge in [0, 0.05) is 19.0 Å². The molecule has 110 valence electrons. The lowest BCUT2D eigenvalue weighted by Crippen LogP contribution is -2.42. The van der Waals surface area contributed by atoms with E-state index >= 15 is 0 Å². The molecule has 0 aromatic heterocycles. The van der Waals surface area contributed by atoms with Crippen LogP contribution in [0.1, 0.15) is 12.8 Å². The number of rotatable bonds is 5. The number of hydrogen-bond donors (Lipinski definition) is 0. The van der Waals surface area contributed by atoms with Crippen LogP contribution in [0, 0.1) is 11.7 Å². The summed E-state index contributed by atoms with van der Waals surface area (Å²) in [6.45, 7) is 2.20. The van der Waals surface area contributed by atoms with Gasteiger partial charge in [-0.15, -0.1) is 0 Å². The van der Waals surface area contributed by atoms with Crippen LogP contribution in [0.3, 0.4) is 0 Å². The maximum Gasteiger partial charge on any atom is 0.232 e. The second-order valence-electron chi connectivity index (χ2n) is 5.05. The molecule has 0 spiro atoms. The van der Waals surface area contributed by atoms with Gasteiger partial charge in [0.25, 0.3) is 0 Å². The fourth-order valence-corrected chi connectivity index (χ4v) is 2.82. The first-order valence-electron chi connectivity index (χ1n) is 6.84. The summed E-state index contributed by atoms with van der Waals surface area (Å²) in [6, 6.07) is 6.05. The van der Waals surface area contributed by atoms with Crippen molar-refractivity contribution in [3.8, 4) is 5.75 Å². The van der Waals surface area contributed by atoms with Gasteiger partial charge in [-0.2, -0.15) is 11.8 Å². The topological polar surface area (TPSA) is 29.5 Å². The van der Waals surface area contributed by atoms with E-state index in [1.54, 1.807) is 23.9 Å². The smallest absolute Gasteiger partial charge is 0.232 e. The first kappa shape index (κ1) is 15.2. The van der Waals surface area contributed by atoms with Crippen LogP contribution in [0.15, 0.2) is 24.3 Å². The molecule has 1 aromatic rings. The number of halogens is 1. The number of ether oxygens (including phenoxy) is 1. The molecule has 3 nitrogen and oxygen atoms in total. The lowest BCUT2D eigenvalue weighted by atomic mass is 9.99. The Morgan fingerprint density at radius 3 is 2.90 bits per heavy atom. The SMILES string of the molecule is CSCC(=O)N1CCC[C@H](COc2ccc(F)cc2)C1. The van der Waals surface area contributed by atoms with E-state index in [1.807, 2.05) is 11.2 Å². The molecule has 5 heteroatoms. The lowest BCUT2D eigenvalue weighted by molar-refractivity contribution is -0.130. The molecule has 1 saturated heterocycles. The Labute approximate surface area is 123 Å². The van der Waals surface area contributed by atoms with E-state index in [-0.39, 0.29) is 11.7 Å². The molecule has 1 fully saturated rings. The summed E-state index contributed by atoms with van der Waals surface area (Å²) in [4.78, 5) is 13.8. The van der Waals surface area contributed by atoms with Gasteiger partial charge in [-0.1, -0.05) is 0 Å². The number of likely N-dealkylation sites (tertiary alicyclic amines) is 1. The monoisotopic (exact) mass is 297 g/mol. The van der Waals surface area contributed by atoms with E-state index in [0.29, 0.717) is 24.0 Å². The summed E-state index contributed by atoms with van der Waals surface area (Å²) in [7, 11) is 0. The van der Waals surface area contributed by atoms with Gasteiger partial charge in [0.2, 0.25) is 5.91 Å². The third-order valence-electron chi connectivity index (χ3n) is 3.44. The van der Waals surface area contributed by atoms with Crippen molar-refractivity contribution in [2.45, 2.75) is 12.8 Å². The van der Waals surface area contributed by atoms with Crippen LogP contribution in [0.4, 0.5) is 4.39 Å². The van der Waals surface area contributed by atoms with Crippen molar-refractivity contribution in [2.24, 2.45) is 5.92 Å². The van der Waals surface area contributed by atoms with E-state index in [2.05, 4.69) is 0 Å². The van der Waals surface area contributed by atoms with Crippen molar-refractivity contribution >= 4 is 17.7 Å². The zero-order chi connectivity index (χ0) is 14.4. The highest BCUT2D eigenvalue weighted by Crippen LogP contribution is 2.19. The number of thioether (sulfide) groups is 1. The summed E-state index contributed by atoms with van der Waals surface area (Å²) < 4.78 is 18.5. The average molecular weight is 297 g/mol. The summed E-state index contributed by atoms with van der Waals surface area (Å²) >= 11 is 1.56. The Bertz CT molecular complexity index is 438. The van der Waals surface area contributed by atoms with E-state index in [0.717, 1.165) is 25.9 Å². The van der Waals surface area contributed by atoms with E-state index in [9.17, 15) is 9.18 Å². The van der Waals surface area contributed by atoms with E-state index in [1.165, 1.54) is 12.1 Å². The molecular formula is C15H20FNO2S. The Hall–Kier alpha value is -1.23. The lowest BCUT2D eigenvalue weighted by Gasteiger charge is -2.32. The average Bonchev–Trinajstić information content (AvgIpc) is 2.47. The Balaban J connectivity index is 1.80. The summed E-state index contributed by atoms with van der Waals surface area (Å²) in [5.74, 6) is 1.54. The number of nitrogens with zero attached hydrogens (tertiary/aromatic N) is 1. The molecule has 2 rings (SSSR count). The van der Waals surface area contributed by atoms with Crippen LogP contribution >= 0.6 is 11.8 Å². The summed E-state index contributed by atoms with van der Waals surface area (Å²) in [5.41, 5.74) is 0. The highest BCUT2D eigenvalue weighted by Gasteiger charge is 2.23. The van der Waals surface area contributed by atoms with Crippen LogP contribution in [0.2, 0.25) is 0 Å². The van der Waals surface area contributed by atoms with Crippen molar-refractivity contribution in [1.29, 1.82) is 0 Å². The maximum atomic E-state index is 12.8. The first-order chi connectivity index (χ1) is 9.69. The molecular weight excluding hydrogens is 277 g/mol. The minimum Gasteiger partial charge on any atom is -0.493 e. The molecule has 20 heavy (non-hydrogen) atoms. The molecule has 0 radical (unpaired) electrons. The highest BCUT2D eigenvalue weighted by molar-refractivity contribution is 7.99. The standard InChI is InChI=1S/C15H20FNO2S/c1-20-11-15(18)17-8-2-3-12(9-17)10-19-14-6-4-13(16)5-7-14/h4-7,12H,2-3,8-11H2,1H3/t12-/m0/s1. The number of piperidine rings is 1. The van der Waals surface area contributed by atoms with Crippen molar-refractivity contribution in [3.05, 3.63) is 30.1 Å². The first-order valence-corrected chi connectivity index (χ1v) is 8.23. The molecule has 1 heterocycles. The van der Waals surface area contributed by atoms with Gasteiger partial charge < -0.3 is 9.64 Å². The van der Waals surface area contributed by atoms with Crippen molar-refractivity contribution in [2.75, 3.05) is 31.7 Å². The minimum atomic E-state index is -0.260. The second-order valence-corrected chi connectivity index (χ2v) is 5.91. The second kappa shape index (κ2) is 7.53. The van der Waals surface area contributed by atoms with Gasteiger partial charge >= 0.3 is 0 Å². The molecule has 1 amide bonds. The summed E-state index contributed by atoms with van der Waals surface area (Å²) in [6.07, 6.45) is 4.04. The molecule has 1 atom stereocenters. The number of carbonyl (C=O) groups is 1. The third-order valence-corrected chi connectivity index (χ3v) is 3.97. The van der Waals surface area contributed by atoms with Crippen molar-refractivity contribution in [3.63, 3.8) is 0 Å². The fourth-order valence-electron chi connectivity index (χ4n) is 2.39. The van der Waals surface area contributed by atoms with Gasteiger partial charge in [-0.3, -0.25) is 4.79 Å². The molecule has 1 aliphatic heterocycles. The van der Waals surface area contributed by atoms with Gasteiger partial charge in [0.05, 0.1) is 12.4 Å². The quantitative estimate of drug-likeness (QED) is 0.837. The number of hydrogen-bond acceptors (Lipinski definition) is 3. The Morgan fingerprint density at radius 1 is 1.45 bits per heavy atom. The van der Waals surface area contributed by atoms with Crippen LogP contribution in [-0.2, 0) is 4.79 Å². The van der Waals surface area contributed by atoms with Gasteiger partial charge in [0.1, 0.15) is 11.6 Å². The van der Waals surface area contributed by atoms with E-state index < -0.39 is 0 Å². The minimum absolute atomic E-state index is 0.212. The molecule has 0 unspecified atom stereocenters. The van der Waals surface area contributed by atoms with Gasteiger partial charge in [-0.25, -0.2) is 4.39 Å². The number of benzene rings is 1. The molecule has 0 saturated carbocycles. The fraction of sp³-hybridized carbons (Fsp3) is 0.533. The van der Waals surface area contributed by atoms with Crippen molar-refractivity contribution < 1.29 is 13.9 Å². The number of carbonyl (C=O) groups excluding carboxylic acids is 1. The molecule has 1 aromatic carbocycles. The molecule has 1 aliphatic rings. The predicted molar refractivity (Wildman–Crippen MR) is 79.6 cm³/mol. The molecule has 0 aliphatic carbocycles. The third kappa shape index (κ3) is 4.40. The maximum absolute atomic E-state index is 12.8. The summed E-state index contributed by atoms with van der Waals surface area (Å²) in [5, 5.41) is 0. The normalized spacial score (nSPS) is 18.9. The zero-order valence-electron chi connectivity index (χ0n) is 11.7. The number of amides is 1.